The first-order chi connectivity index (χ1) is 17.6. The quantitative estimate of drug-likeness (QED) is 0.357. The highest BCUT2D eigenvalue weighted by Gasteiger charge is 2.30. The summed E-state index contributed by atoms with van der Waals surface area (Å²) in [5.41, 5.74) is 2.45. The summed E-state index contributed by atoms with van der Waals surface area (Å²) in [5.74, 6) is -1.51. The summed E-state index contributed by atoms with van der Waals surface area (Å²) >= 11 is 1.59. The topological polar surface area (TPSA) is 75.7 Å². The number of hydrogen-bond acceptors (Lipinski definition) is 5. The van der Waals surface area contributed by atoms with E-state index in [1.807, 2.05) is 54.6 Å². The Balaban J connectivity index is 1.36. The van der Waals surface area contributed by atoms with Gasteiger partial charge >= 0.3 is 5.97 Å². The van der Waals surface area contributed by atoms with E-state index >= 15 is 0 Å². The van der Waals surface area contributed by atoms with Crippen molar-refractivity contribution in [3.63, 3.8) is 0 Å². The molecule has 0 spiro atoms. The molecule has 7 heteroatoms. The molecule has 1 aliphatic rings. The highest BCUT2D eigenvalue weighted by Crippen LogP contribution is 2.47. The Morgan fingerprint density at radius 2 is 1.25 bits per heavy atom. The van der Waals surface area contributed by atoms with Gasteiger partial charge in [-0.15, -0.1) is 0 Å². The molecule has 4 aromatic rings. The molecule has 0 fully saturated rings. The lowest BCUT2D eigenvalue weighted by Crippen LogP contribution is -2.37. The third-order valence-corrected chi connectivity index (χ3v) is 6.83. The normalized spacial score (nSPS) is 12.6. The van der Waals surface area contributed by atoms with E-state index in [-0.39, 0.29) is 5.91 Å². The van der Waals surface area contributed by atoms with E-state index in [1.54, 1.807) is 71.3 Å². The van der Waals surface area contributed by atoms with E-state index in [0.717, 1.165) is 21.2 Å². The average Bonchev–Trinajstić information content (AvgIpc) is 2.94. The van der Waals surface area contributed by atoms with Crippen molar-refractivity contribution in [3.8, 4) is 0 Å². The molecule has 36 heavy (non-hydrogen) atoms. The van der Waals surface area contributed by atoms with Crippen LogP contribution in [0.15, 0.2) is 119 Å². The van der Waals surface area contributed by atoms with Crippen LogP contribution in [-0.4, -0.2) is 24.4 Å². The molecule has 0 aliphatic carbocycles. The number of anilines is 2. The van der Waals surface area contributed by atoms with Crippen LogP contribution in [0.25, 0.3) is 0 Å². The number of esters is 1. The standard InChI is InChI=1S/C29H22N2O4S/c32-26(31-22-15-7-9-17-24(22)36-25-18-10-8-16-23(25)31)19-35-29(34)27(20-11-3-1-4-12-20)30-28(33)21-13-5-2-6-14-21/h1-18,27H,19H2,(H,30,33)/t27-/m1/s1. The molecule has 1 heterocycles. The highest BCUT2D eigenvalue weighted by atomic mass is 32.2. The van der Waals surface area contributed by atoms with Crippen molar-refractivity contribution in [1.82, 2.24) is 5.32 Å². The third-order valence-electron chi connectivity index (χ3n) is 5.70. The van der Waals surface area contributed by atoms with E-state index in [0.29, 0.717) is 11.1 Å². The maximum atomic E-state index is 13.4. The van der Waals surface area contributed by atoms with Crippen molar-refractivity contribution in [3.05, 3.63) is 120 Å². The van der Waals surface area contributed by atoms with Crippen molar-refractivity contribution < 1.29 is 19.1 Å². The zero-order valence-corrected chi connectivity index (χ0v) is 20.0. The molecule has 0 bridgehead atoms. The van der Waals surface area contributed by atoms with Gasteiger partial charge < -0.3 is 10.1 Å². The molecular weight excluding hydrogens is 472 g/mol. The minimum Gasteiger partial charge on any atom is -0.454 e. The summed E-state index contributed by atoms with van der Waals surface area (Å²) in [6.07, 6.45) is 0. The van der Waals surface area contributed by atoms with Gasteiger partial charge in [0.1, 0.15) is 0 Å². The Bertz CT molecular complexity index is 1360. The Kier molecular flexibility index (Phi) is 6.82. The second kappa shape index (κ2) is 10.5. The molecule has 0 unspecified atom stereocenters. The Morgan fingerprint density at radius 3 is 1.86 bits per heavy atom. The number of amides is 2. The number of benzene rings is 4. The van der Waals surface area contributed by atoms with Gasteiger partial charge in [-0.3, -0.25) is 14.5 Å². The number of nitrogens with one attached hydrogen (secondary N) is 1. The lowest BCUT2D eigenvalue weighted by molar-refractivity contribution is -0.149. The first-order valence-corrected chi connectivity index (χ1v) is 12.2. The summed E-state index contributed by atoms with van der Waals surface area (Å²) in [6, 6.07) is 31.6. The molecule has 0 saturated carbocycles. The predicted octanol–water partition coefficient (Wildman–Crippen LogP) is 5.53. The van der Waals surface area contributed by atoms with Gasteiger partial charge in [0, 0.05) is 15.4 Å². The van der Waals surface area contributed by atoms with Crippen LogP contribution >= 0.6 is 11.8 Å². The Hall–Kier alpha value is -4.36. The molecule has 1 atom stereocenters. The van der Waals surface area contributed by atoms with Crippen LogP contribution in [0, 0.1) is 0 Å². The molecule has 2 amide bonds. The smallest absolute Gasteiger partial charge is 0.333 e. The van der Waals surface area contributed by atoms with Gasteiger partial charge in [-0.2, -0.15) is 0 Å². The van der Waals surface area contributed by atoms with Gasteiger partial charge in [0.25, 0.3) is 11.8 Å². The number of rotatable bonds is 6. The highest BCUT2D eigenvalue weighted by molar-refractivity contribution is 7.99. The van der Waals surface area contributed by atoms with Crippen molar-refractivity contribution in [2.24, 2.45) is 0 Å². The fraction of sp³-hybridized carbons (Fsp3) is 0.0690. The first-order valence-electron chi connectivity index (χ1n) is 11.4. The third kappa shape index (κ3) is 4.87. The lowest BCUT2D eigenvalue weighted by atomic mass is 10.1. The monoisotopic (exact) mass is 494 g/mol. The zero-order chi connectivity index (χ0) is 24.9. The van der Waals surface area contributed by atoms with Crippen LogP contribution in [0.1, 0.15) is 22.0 Å². The molecule has 4 aromatic carbocycles. The van der Waals surface area contributed by atoms with Crippen molar-refractivity contribution in [2.75, 3.05) is 11.5 Å². The summed E-state index contributed by atoms with van der Waals surface area (Å²) in [5, 5.41) is 2.74. The molecule has 0 radical (unpaired) electrons. The number of nitrogens with zero attached hydrogens (tertiary/aromatic N) is 1. The van der Waals surface area contributed by atoms with Crippen molar-refractivity contribution in [2.45, 2.75) is 15.8 Å². The summed E-state index contributed by atoms with van der Waals surface area (Å²) in [4.78, 5) is 42.8. The SMILES string of the molecule is O=C(N[C@@H](C(=O)OCC(=O)N1c2ccccc2Sc2ccccc21)c1ccccc1)c1ccccc1. The van der Waals surface area contributed by atoms with Crippen LogP contribution in [0.4, 0.5) is 11.4 Å². The van der Waals surface area contributed by atoms with Crippen molar-refractivity contribution in [1.29, 1.82) is 0 Å². The minimum atomic E-state index is -1.07. The van der Waals surface area contributed by atoms with Gasteiger partial charge in [0.05, 0.1) is 11.4 Å². The second-order valence-electron chi connectivity index (χ2n) is 8.06. The molecule has 1 N–H and O–H groups in total. The number of hydrogen-bond donors (Lipinski definition) is 1. The van der Waals surface area contributed by atoms with Crippen LogP contribution in [0.5, 0.6) is 0 Å². The average molecular weight is 495 g/mol. The van der Waals surface area contributed by atoms with E-state index in [1.165, 1.54) is 0 Å². The summed E-state index contributed by atoms with van der Waals surface area (Å²) in [6.45, 7) is -0.475. The fourth-order valence-corrected chi connectivity index (χ4v) is 5.04. The van der Waals surface area contributed by atoms with Crippen LogP contribution < -0.4 is 10.2 Å². The molecule has 0 saturated heterocycles. The van der Waals surface area contributed by atoms with Gasteiger partial charge in [0.2, 0.25) is 0 Å². The molecular formula is C29H22N2O4S. The number of fused-ring (bicyclic) bond motifs is 2. The number of carbonyl (C=O) groups is 3. The summed E-state index contributed by atoms with van der Waals surface area (Å²) < 4.78 is 5.49. The van der Waals surface area contributed by atoms with Gasteiger partial charge in [-0.1, -0.05) is 84.6 Å². The van der Waals surface area contributed by atoms with Crippen LogP contribution in [0.3, 0.4) is 0 Å². The zero-order valence-electron chi connectivity index (χ0n) is 19.2. The minimum absolute atomic E-state index is 0.384. The second-order valence-corrected chi connectivity index (χ2v) is 9.14. The first kappa shape index (κ1) is 23.4. The van der Waals surface area contributed by atoms with E-state index in [9.17, 15) is 14.4 Å². The fourth-order valence-electron chi connectivity index (χ4n) is 3.98. The molecule has 1 aliphatic heterocycles. The van der Waals surface area contributed by atoms with Gasteiger partial charge in [-0.25, -0.2) is 4.79 Å². The summed E-state index contributed by atoms with van der Waals surface area (Å²) in [7, 11) is 0. The van der Waals surface area contributed by atoms with Gasteiger partial charge in [-0.05, 0) is 42.0 Å². The number of ether oxygens (including phenoxy) is 1. The predicted molar refractivity (Wildman–Crippen MR) is 138 cm³/mol. The molecule has 6 nitrogen and oxygen atoms in total. The van der Waals surface area contributed by atoms with E-state index < -0.39 is 24.5 Å². The van der Waals surface area contributed by atoms with Crippen LogP contribution in [0.2, 0.25) is 0 Å². The molecule has 0 aromatic heterocycles. The number of carbonyl (C=O) groups excluding carboxylic acids is 3. The number of para-hydroxylation sites is 2. The Morgan fingerprint density at radius 1 is 0.722 bits per heavy atom. The Labute approximate surface area is 212 Å². The largest absolute Gasteiger partial charge is 0.454 e. The maximum Gasteiger partial charge on any atom is 0.333 e. The maximum absolute atomic E-state index is 13.4. The van der Waals surface area contributed by atoms with Crippen LogP contribution in [-0.2, 0) is 14.3 Å². The van der Waals surface area contributed by atoms with Crippen molar-refractivity contribution >= 4 is 40.9 Å². The molecule has 5 rings (SSSR count). The van der Waals surface area contributed by atoms with E-state index in [2.05, 4.69) is 5.32 Å². The van der Waals surface area contributed by atoms with Gasteiger partial charge in [0.15, 0.2) is 12.6 Å². The molecule has 178 valence electrons. The van der Waals surface area contributed by atoms with E-state index in [4.69, 9.17) is 4.74 Å². The lowest BCUT2D eigenvalue weighted by Gasteiger charge is -2.31.